The Labute approximate surface area is 115 Å². The van der Waals surface area contributed by atoms with Gasteiger partial charge in [0.1, 0.15) is 5.75 Å². The Kier molecular flexibility index (Phi) is 3.50. The molecule has 0 aliphatic carbocycles. The van der Waals surface area contributed by atoms with E-state index in [0.717, 1.165) is 63.2 Å². The molecule has 1 aromatic carbocycles. The SMILES string of the molecule is CCN1CCCC(O)(c2ccc3c(c2)CCO3)CC1. The van der Waals surface area contributed by atoms with E-state index in [2.05, 4.69) is 17.9 Å². The normalized spacial score (nSPS) is 27.7. The molecular formula is C16H23NO2. The van der Waals surface area contributed by atoms with Gasteiger partial charge in [0, 0.05) is 13.0 Å². The molecule has 3 heteroatoms. The van der Waals surface area contributed by atoms with E-state index in [4.69, 9.17) is 4.74 Å². The molecule has 0 bridgehead atoms. The summed E-state index contributed by atoms with van der Waals surface area (Å²) in [7, 11) is 0. The molecule has 0 aromatic heterocycles. The van der Waals surface area contributed by atoms with Crippen LogP contribution in [0.4, 0.5) is 0 Å². The molecule has 104 valence electrons. The van der Waals surface area contributed by atoms with Crippen molar-refractivity contribution in [1.29, 1.82) is 0 Å². The van der Waals surface area contributed by atoms with Crippen molar-refractivity contribution in [2.45, 2.75) is 38.2 Å². The van der Waals surface area contributed by atoms with Crippen molar-refractivity contribution in [1.82, 2.24) is 4.90 Å². The lowest BCUT2D eigenvalue weighted by Crippen LogP contribution is -2.29. The van der Waals surface area contributed by atoms with Gasteiger partial charge in [0.25, 0.3) is 0 Å². The predicted molar refractivity (Wildman–Crippen MR) is 75.5 cm³/mol. The molecule has 2 heterocycles. The van der Waals surface area contributed by atoms with Gasteiger partial charge in [0.05, 0.1) is 12.2 Å². The van der Waals surface area contributed by atoms with Gasteiger partial charge in [-0.15, -0.1) is 0 Å². The van der Waals surface area contributed by atoms with Crippen LogP contribution in [0.5, 0.6) is 5.75 Å². The summed E-state index contributed by atoms with van der Waals surface area (Å²) in [6, 6.07) is 6.23. The Morgan fingerprint density at radius 2 is 2.21 bits per heavy atom. The highest BCUT2D eigenvalue weighted by atomic mass is 16.5. The molecule has 0 radical (unpaired) electrons. The van der Waals surface area contributed by atoms with Crippen molar-refractivity contribution in [2.75, 3.05) is 26.2 Å². The number of benzene rings is 1. The minimum Gasteiger partial charge on any atom is -0.493 e. The van der Waals surface area contributed by atoms with Crippen molar-refractivity contribution in [3.8, 4) is 5.75 Å². The van der Waals surface area contributed by atoms with Gasteiger partial charge in [-0.05, 0) is 55.6 Å². The first-order valence-corrected chi connectivity index (χ1v) is 7.42. The predicted octanol–water partition coefficient (Wildman–Crippen LogP) is 2.31. The molecule has 1 unspecified atom stereocenters. The van der Waals surface area contributed by atoms with Gasteiger partial charge in [-0.25, -0.2) is 0 Å². The maximum atomic E-state index is 11.0. The minimum absolute atomic E-state index is 0.651. The lowest BCUT2D eigenvalue weighted by atomic mass is 9.86. The van der Waals surface area contributed by atoms with Gasteiger partial charge in [0.15, 0.2) is 0 Å². The largest absolute Gasteiger partial charge is 0.493 e. The lowest BCUT2D eigenvalue weighted by molar-refractivity contribution is 0.0213. The molecule has 1 aromatic rings. The molecule has 19 heavy (non-hydrogen) atoms. The van der Waals surface area contributed by atoms with E-state index in [9.17, 15) is 5.11 Å². The van der Waals surface area contributed by atoms with Gasteiger partial charge in [-0.3, -0.25) is 0 Å². The third-order valence-corrected chi connectivity index (χ3v) is 4.58. The number of likely N-dealkylation sites (tertiary alicyclic amines) is 1. The van der Waals surface area contributed by atoms with Gasteiger partial charge < -0.3 is 14.7 Å². The monoisotopic (exact) mass is 261 g/mol. The Bertz CT molecular complexity index is 460. The first kappa shape index (κ1) is 12.9. The Morgan fingerprint density at radius 3 is 3.05 bits per heavy atom. The van der Waals surface area contributed by atoms with Crippen LogP contribution in [0, 0.1) is 0 Å². The lowest BCUT2D eigenvalue weighted by Gasteiger charge is -2.28. The quantitative estimate of drug-likeness (QED) is 0.887. The minimum atomic E-state index is -0.651. The number of hydrogen-bond donors (Lipinski definition) is 1. The molecule has 1 fully saturated rings. The maximum Gasteiger partial charge on any atom is 0.122 e. The highest BCUT2D eigenvalue weighted by molar-refractivity contribution is 5.41. The van der Waals surface area contributed by atoms with Crippen LogP contribution in [0.2, 0.25) is 0 Å². The van der Waals surface area contributed by atoms with Crippen LogP contribution in [0.1, 0.15) is 37.3 Å². The second-order valence-corrected chi connectivity index (χ2v) is 5.74. The number of fused-ring (bicyclic) bond motifs is 1. The van der Waals surface area contributed by atoms with Crippen molar-refractivity contribution < 1.29 is 9.84 Å². The van der Waals surface area contributed by atoms with Crippen LogP contribution in [-0.2, 0) is 12.0 Å². The molecule has 2 aliphatic rings. The second kappa shape index (κ2) is 5.14. The summed E-state index contributed by atoms with van der Waals surface area (Å²) in [6.45, 7) is 6.14. The standard InChI is InChI=1S/C16H23NO2/c1-2-17-9-3-7-16(18,8-10-17)14-4-5-15-13(12-14)6-11-19-15/h4-5,12,18H,2-3,6-11H2,1H3. The van der Waals surface area contributed by atoms with Crippen LogP contribution in [-0.4, -0.2) is 36.2 Å². The molecule has 2 aliphatic heterocycles. The zero-order valence-electron chi connectivity index (χ0n) is 11.7. The highest BCUT2D eigenvalue weighted by Crippen LogP contribution is 2.36. The number of hydrogen-bond acceptors (Lipinski definition) is 3. The fourth-order valence-electron chi connectivity index (χ4n) is 3.26. The molecule has 3 nitrogen and oxygen atoms in total. The van der Waals surface area contributed by atoms with Crippen LogP contribution in [0.3, 0.4) is 0 Å². The van der Waals surface area contributed by atoms with Crippen LogP contribution < -0.4 is 4.74 Å². The summed E-state index contributed by atoms with van der Waals surface area (Å²) >= 11 is 0. The number of nitrogens with zero attached hydrogens (tertiary/aromatic N) is 1. The van der Waals surface area contributed by atoms with Gasteiger partial charge >= 0.3 is 0 Å². The van der Waals surface area contributed by atoms with Crippen molar-refractivity contribution in [2.24, 2.45) is 0 Å². The third kappa shape index (κ3) is 2.49. The molecule has 0 amide bonds. The summed E-state index contributed by atoms with van der Waals surface area (Å²) < 4.78 is 5.54. The molecule has 3 rings (SSSR count). The molecule has 1 saturated heterocycles. The van der Waals surface area contributed by atoms with Gasteiger partial charge in [-0.2, -0.15) is 0 Å². The third-order valence-electron chi connectivity index (χ3n) is 4.58. The van der Waals surface area contributed by atoms with E-state index in [1.54, 1.807) is 0 Å². The zero-order chi connectivity index (χ0) is 13.3. The molecular weight excluding hydrogens is 238 g/mol. The fourth-order valence-corrected chi connectivity index (χ4v) is 3.26. The number of rotatable bonds is 2. The fraction of sp³-hybridized carbons (Fsp3) is 0.625. The summed E-state index contributed by atoms with van der Waals surface area (Å²) in [5, 5.41) is 11.0. The average molecular weight is 261 g/mol. The molecule has 1 atom stereocenters. The Balaban J connectivity index is 1.83. The van der Waals surface area contributed by atoms with Crippen LogP contribution >= 0.6 is 0 Å². The van der Waals surface area contributed by atoms with Crippen molar-refractivity contribution >= 4 is 0 Å². The smallest absolute Gasteiger partial charge is 0.122 e. The Morgan fingerprint density at radius 1 is 1.32 bits per heavy atom. The maximum absolute atomic E-state index is 11.0. The summed E-state index contributed by atoms with van der Waals surface area (Å²) in [5.74, 6) is 0.996. The Hall–Kier alpha value is -1.06. The van der Waals surface area contributed by atoms with E-state index >= 15 is 0 Å². The summed E-state index contributed by atoms with van der Waals surface area (Å²) in [4.78, 5) is 2.43. The summed E-state index contributed by atoms with van der Waals surface area (Å²) in [6.07, 6.45) is 3.74. The molecule has 0 saturated carbocycles. The van der Waals surface area contributed by atoms with E-state index < -0.39 is 5.60 Å². The number of aliphatic hydroxyl groups is 1. The van der Waals surface area contributed by atoms with Crippen LogP contribution in [0.25, 0.3) is 0 Å². The van der Waals surface area contributed by atoms with E-state index in [0.29, 0.717) is 0 Å². The highest BCUT2D eigenvalue weighted by Gasteiger charge is 2.32. The van der Waals surface area contributed by atoms with Crippen LogP contribution in [0.15, 0.2) is 18.2 Å². The second-order valence-electron chi connectivity index (χ2n) is 5.74. The summed E-state index contributed by atoms with van der Waals surface area (Å²) in [5.41, 5.74) is 1.68. The van der Waals surface area contributed by atoms with E-state index in [1.807, 2.05) is 12.1 Å². The first-order valence-electron chi connectivity index (χ1n) is 7.42. The van der Waals surface area contributed by atoms with E-state index in [1.165, 1.54) is 5.56 Å². The topological polar surface area (TPSA) is 32.7 Å². The molecule has 1 N–H and O–H groups in total. The number of ether oxygens (including phenoxy) is 1. The van der Waals surface area contributed by atoms with Crippen molar-refractivity contribution in [3.63, 3.8) is 0 Å². The van der Waals surface area contributed by atoms with Gasteiger partial charge in [-0.1, -0.05) is 13.0 Å². The zero-order valence-corrected chi connectivity index (χ0v) is 11.7. The van der Waals surface area contributed by atoms with Gasteiger partial charge in [0.2, 0.25) is 0 Å². The van der Waals surface area contributed by atoms with E-state index in [-0.39, 0.29) is 0 Å². The van der Waals surface area contributed by atoms with Crippen molar-refractivity contribution in [3.05, 3.63) is 29.3 Å². The molecule has 0 spiro atoms. The average Bonchev–Trinajstić information content (AvgIpc) is 2.81. The first-order chi connectivity index (χ1) is 9.21.